The molecule has 0 N–H and O–H groups in total. The molecule has 0 saturated heterocycles. The van der Waals surface area contributed by atoms with Gasteiger partial charge in [-0.05, 0) is 56.9 Å². The third kappa shape index (κ3) is 3.89. The van der Waals surface area contributed by atoms with Gasteiger partial charge < -0.3 is 9.30 Å². The molecule has 0 amide bonds. The van der Waals surface area contributed by atoms with E-state index in [2.05, 4.69) is 45.3 Å². The summed E-state index contributed by atoms with van der Waals surface area (Å²) in [6.45, 7) is 14.9. The first-order valence-electron chi connectivity index (χ1n) is 8.56. The quantitative estimate of drug-likeness (QED) is 0.703. The smallest absolute Gasteiger partial charge is 0.202 e. The first-order valence-corrected chi connectivity index (χ1v) is 8.56. The van der Waals surface area contributed by atoms with Crippen LogP contribution in [0.3, 0.4) is 0 Å². The van der Waals surface area contributed by atoms with Crippen LogP contribution in [0, 0.1) is 13.8 Å². The normalized spacial score (nSPS) is 11.8. The van der Waals surface area contributed by atoms with Gasteiger partial charge in [-0.15, -0.1) is 0 Å². The fraction of sp³-hybridized carbons (Fsp3) is 0.476. The van der Waals surface area contributed by atoms with Crippen molar-refractivity contribution >= 4 is 5.78 Å². The number of carbonyl (C=O) groups excluding carboxylic acids is 1. The molecule has 0 radical (unpaired) electrons. The monoisotopic (exact) mass is 327 g/mol. The SMILES string of the molecule is Cc1cc(C(=O)COc2cccc(C(C)(C)C)c2)c(C)n1C(C)C. The van der Waals surface area contributed by atoms with Crippen molar-refractivity contribution < 1.29 is 9.53 Å². The molecular formula is C21H29NO2. The summed E-state index contributed by atoms with van der Waals surface area (Å²) in [7, 11) is 0. The zero-order chi connectivity index (χ0) is 18.1. The zero-order valence-electron chi connectivity index (χ0n) is 15.9. The Labute approximate surface area is 145 Å². The average Bonchev–Trinajstić information content (AvgIpc) is 2.79. The van der Waals surface area contributed by atoms with E-state index in [4.69, 9.17) is 4.74 Å². The molecule has 0 saturated carbocycles. The molecule has 0 bridgehead atoms. The molecule has 0 aliphatic carbocycles. The van der Waals surface area contributed by atoms with Gasteiger partial charge in [0.15, 0.2) is 6.61 Å². The molecule has 0 spiro atoms. The number of benzene rings is 1. The number of nitrogens with zero attached hydrogens (tertiary/aromatic N) is 1. The number of Topliss-reactive ketones (excluding diaryl/α,β-unsaturated/α-hetero) is 1. The molecule has 2 rings (SSSR count). The van der Waals surface area contributed by atoms with Gasteiger partial charge in [-0.2, -0.15) is 0 Å². The Morgan fingerprint density at radius 1 is 1.17 bits per heavy atom. The standard InChI is InChI=1S/C21H29NO2/c1-14(2)22-15(3)11-19(16(22)4)20(23)13-24-18-10-8-9-17(12-18)21(5,6)7/h8-12,14H,13H2,1-7H3. The van der Waals surface area contributed by atoms with E-state index in [1.54, 1.807) is 0 Å². The first kappa shape index (κ1) is 18.3. The van der Waals surface area contributed by atoms with Crippen molar-refractivity contribution in [2.24, 2.45) is 0 Å². The van der Waals surface area contributed by atoms with E-state index in [1.165, 1.54) is 5.56 Å². The molecular weight excluding hydrogens is 298 g/mol. The summed E-state index contributed by atoms with van der Waals surface area (Å²) in [5.41, 5.74) is 4.14. The Morgan fingerprint density at radius 3 is 2.38 bits per heavy atom. The molecule has 24 heavy (non-hydrogen) atoms. The largest absolute Gasteiger partial charge is 0.485 e. The average molecular weight is 327 g/mol. The highest BCUT2D eigenvalue weighted by molar-refractivity contribution is 5.98. The van der Waals surface area contributed by atoms with Crippen LogP contribution < -0.4 is 4.74 Å². The van der Waals surface area contributed by atoms with E-state index in [-0.39, 0.29) is 17.8 Å². The molecule has 1 aromatic heterocycles. The van der Waals surface area contributed by atoms with Crippen LogP contribution in [-0.4, -0.2) is 17.0 Å². The fourth-order valence-corrected chi connectivity index (χ4v) is 3.13. The third-order valence-corrected chi connectivity index (χ3v) is 4.37. The molecule has 0 unspecified atom stereocenters. The van der Waals surface area contributed by atoms with Crippen LogP contribution in [-0.2, 0) is 5.41 Å². The molecule has 0 fully saturated rings. The molecule has 0 atom stereocenters. The molecule has 1 heterocycles. The second-order valence-corrected chi connectivity index (χ2v) is 7.74. The number of aryl methyl sites for hydroxylation is 1. The van der Waals surface area contributed by atoms with Crippen LogP contribution >= 0.6 is 0 Å². The highest BCUT2D eigenvalue weighted by Crippen LogP contribution is 2.26. The van der Waals surface area contributed by atoms with Crippen molar-refractivity contribution in [2.45, 2.75) is 59.9 Å². The second kappa shape index (κ2) is 6.84. The lowest BCUT2D eigenvalue weighted by Gasteiger charge is -2.19. The molecule has 0 aliphatic rings. The van der Waals surface area contributed by atoms with Crippen molar-refractivity contribution in [1.29, 1.82) is 0 Å². The number of ether oxygens (including phenoxy) is 1. The topological polar surface area (TPSA) is 31.2 Å². The number of hydrogen-bond donors (Lipinski definition) is 0. The van der Waals surface area contributed by atoms with Gasteiger partial charge in [0.1, 0.15) is 5.75 Å². The van der Waals surface area contributed by atoms with Crippen LogP contribution in [0.5, 0.6) is 5.75 Å². The third-order valence-electron chi connectivity index (χ3n) is 4.37. The van der Waals surface area contributed by atoms with Gasteiger partial charge in [-0.1, -0.05) is 32.9 Å². The minimum atomic E-state index is 0.0242. The maximum Gasteiger partial charge on any atom is 0.202 e. The highest BCUT2D eigenvalue weighted by atomic mass is 16.5. The molecule has 0 aliphatic heterocycles. The summed E-state index contributed by atoms with van der Waals surface area (Å²) in [6.07, 6.45) is 0. The van der Waals surface area contributed by atoms with Gasteiger partial charge in [0.05, 0.1) is 0 Å². The molecule has 3 nitrogen and oxygen atoms in total. The van der Waals surface area contributed by atoms with E-state index in [9.17, 15) is 4.79 Å². The van der Waals surface area contributed by atoms with Crippen LogP contribution in [0.2, 0.25) is 0 Å². The summed E-state index contributed by atoms with van der Waals surface area (Å²) in [5.74, 6) is 0.768. The fourth-order valence-electron chi connectivity index (χ4n) is 3.13. The zero-order valence-corrected chi connectivity index (χ0v) is 15.9. The van der Waals surface area contributed by atoms with Gasteiger partial charge in [-0.25, -0.2) is 0 Å². The Hall–Kier alpha value is -2.03. The van der Waals surface area contributed by atoms with Crippen LogP contribution in [0.25, 0.3) is 0 Å². The van der Waals surface area contributed by atoms with Crippen molar-refractivity contribution in [2.75, 3.05) is 6.61 Å². The Balaban J connectivity index is 2.13. The minimum Gasteiger partial charge on any atom is -0.485 e. The van der Waals surface area contributed by atoms with E-state index >= 15 is 0 Å². The molecule has 130 valence electrons. The van der Waals surface area contributed by atoms with Crippen molar-refractivity contribution in [3.8, 4) is 5.75 Å². The number of aromatic nitrogens is 1. The van der Waals surface area contributed by atoms with E-state index in [1.807, 2.05) is 38.1 Å². The first-order chi connectivity index (χ1) is 11.1. The maximum atomic E-state index is 12.6. The van der Waals surface area contributed by atoms with Crippen molar-refractivity contribution in [3.05, 3.63) is 52.8 Å². The summed E-state index contributed by atoms with van der Waals surface area (Å²) in [5, 5.41) is 0. The van der Waals surface area contributed by atoms with E-state index in [0.717, 1.165) is 22.7 Å². The second-order valence-electron chi connectivity index (χ2n) is 7.74. The van der Waals surface area contributed by atoms with Crippen LogP contribution in [0.1, 0.15) is 68.0 Å². The highest BCUT2D eigenvalue weighted by Gasteiger charge is 2.18. The minimum absolute atomic E-state index is 0.0242. The molecule has 1 aromatic carbocycles. The lowest BCUT2D eigenvalue weighted by atomic mass is 9.87. The number of carbonyl (C=O) groups is 1. The van der Waals surface area contributed by atoms with Gasteiger partial charge in [0.25, 0.3) is 0 Å². The van der Waals surface area contributed by atoms with E-state index < -0.39 is 0 Å². The van der Waals surface area contributed by atoms with Gasteiger partial charge >= 0.3 is 0 Å². The number of ketones is 1. The Morgan fingerprint density at radius 2 is 1.83 bits per heavy atom. The van der Waals surface area contributed by atoms with Crippen LogP contribution in [0.15, 0.2) is 30.3 Å². The summed E-state index contributed by atoms with van der Waals surface area (Å²) in [4.78, 5) is 12.6. The Bertz CT molecular complexity index is 733. The maximum absolute atomic E-state index is 12.6. The summed E-state index contributed by atoms with van der Waals surface area (Å²) < 4.78 is 7.95. The summed E-state index contributed by atoms with van der Waals surface area (Å²) in [6, 6.07) is 10.3. The summed E-state index contributed by atoms with van der Waals surface area (Å²) >= 11 is 0. The lowest BCUT2D eigenvalue weighted by Crippen LogP contribution is -2.14. The Kier molecular flexibility index (Phi) is 5.22. The van der Waals surface area contributed by atoms with E-state index in [0.29, 0.717) is 6.04 Å². The molecule has 3 heteroatoms. The van der Waals surface area contributed by atoms with Gasteiger partial charge in [-0.3, -0.25) is 4.79 Å². The number of rotatable bonds is 5. The van der Waals surface area contributed by atoms with Gasteiger partial charge in [0, 0.05) is 23.0 Å². The van der Waals surface area contributed by atoms with Crippen molar-refractivity contribution in [3.63, 3.8) is 0 Å². The number of hydrogen-bond acceptors (Lipinski definition) is 2. The van der Waals surface area contributed by atoms with Crippen LogP contribution in [0.4, 0.5) is 0 Å². The predicted molar refractivity (Wildman–Crippen MR) is 99.3 cm³/mol. The lowest BCUT2D eigenvalue weighted by molar-refractivity contribution is 0.0920. The van der Waals surface area contributed by atoms with Crippen molar-refractivity contribution in [1.82, 2.24) is 4.57 Å². The predicted octanol–water partition coefficient (Wildman–Crippen LogP) is 5.25. The van der Waals surface area contributed by atoms with Gasteiger partial charge in [0.2, 0.25) is 5.78 Å². The molecule has 2 aromatic rings.